The number of hydrogen-bond donors (Lipinski definition) is 3. The number of rotatable bonds is 6. The van der Waals surface area contributed by atoms with Crippen LogP contribution in [0.15, 0.2) is 24.3 Å². The molecule has 1 aromatic rings. The molecule has 0 aromatic heterocycles. The van der Waals surface area contributed by atoms with Gasteiger partial charge in [0.1, 0.15) is 5.75 Å². The normalized spacial score (nSPS) is 12.6. The molecule has 0 spiro atoms. The van der Waals surface area contributed by atoms with Gasteiger partial charge in [0.05, 0.1) is 13.2 Å². The van der Waals surface area contributed by atoms with E-state index in [1.54, 1.807) is 7.11 Å². The maximum atomic E-state index is 11.6. The molecule has 0 radical (unpaired) electrons. The van der Waals surface area contributed by atoms with Gasteiger partial charge in [-0.2, -0.15) is 0 Å². The smallest absolute Gasteiger partial charge is 0.314 e. The lowest BCUT2D eigenvalue weighted by Crippen LogP contribution is -2.44. The zero-order chi connectivity index (χ0) is 15.9. The molecule has 0 fully saturated rings. The highest BCUT2D eigenvalue weighted by atomic mass is 16.5. The zero-order valence-corrected chi connectivity index (χ0v) is 13.3. The Morgan fingerprint density at radius 2 is 1.86 bits per heavy atom. The standard InChI is InChI=1S/C16H26N2O3/c1-16(2,3)14(19)11-18-15(20)17-10-9-12-5-7-13(21-4)8-6-12/h5-8,14,19H,9-11H2,1-4H3,(H2,17,18,20). The van der Waals surface area contributed by atoms with E-state index in [9.17, 15) is 9.90 Å². The number of nitrogens with one attached hydrogen (secondary N) is 2. The summed E-state index contributed by atoms with van der Waals surface area (Å²) in [5.41, 5.74) is 0.891. The van der Waals surface area contributed by atoms with Gasteiger partial charge in [-0.15, -0.1) is 0 Å². The van der Waals surface area contributed by atoms with Crippen molar-refractivity contribution in [3.63, 3.8) is 0 Å². The predicted octanol–water partition coefficient (Wildman–Crippen LogP) is 1.94. The summed E-state index contributed by atoms with van der Waals surface area (Å²) in [5, 5.41) is 15.3. The molecule has 0 heterocycles. The molecule has 1 aromatic carbocycles. The maximum absolute atomic E-state index is 11.6. The molecule has 118 valence electrons. The number of ether oxygens (including phenoxy) is 1. The minimum absolute atomic E-state index is 0.240. The van der Waals surface area contributed by atoms with E-state index in [2.05, 4.69) is 10.6 Å². The van der Waals surface area contributed by atoms with Crippen LogP contribution in [0.3, 0.4) is 0 Å². The lowest BCUT2D eigenvalue weighted by molar-refractivity contribution is 0.0650. The van der Waals surface area contributed by atoms with Crippen molar-refractivity contribution < 1.29 is 14.6 Å². The van der Waals surface area contributed by atoms with E-state index in [0.717, 1.165) is 17.7 Å². The lowest BCUT2D eigenvalue weighted by Gasteiger charge is -2.25. The Balaban J connectivity index is 2.24. The molecule has 5 nitrogen and oxygen atoms in total. The fourth-order valence-electron chi connectivity index (χ4n) is 1.67. The second-order valence-corrected chi connectivity index (χ2v) is 6.12. The quantitative estimate of drug-likeness (QED) is 0.751. The van der Waals surface area contributed by atoms with Crippen LogP contribution in [0.4, 0.5) is 4.79 Å². The number of urea groups is 1. The van der Waals surface area contributed by atoms with Crippen molar-refractivity contribution in [3.8, 4) is 5.75 Å². The summed E-state index contributed by atoms with van der Waals surface area (Å²) in [4.78, 5) is 11.6. The number of aliphatic hydroxyl groups excluding tert-OH is 1. The van der Waals surface area contributed by atoms with Gasteiger partial charge in [-0.25, -0.2) is 4.79 Å². The summed E-state index contributed by atoms with van der Waals surface area (Å²) in [7, 11) is 1.63. The first-order valence-corrected chi connectivity index (χ1v) is 7.15. The Kier molecular flexibility index (Phi) is 6.49. The first kappa shape index (κ1) is 17.3. The summed E-state index contributed by atoms with van der Waals surface area (Å²) in [6.45, 7) is 6.59. The Morgan fingerprint density at radius 3 is 2.38 bits per heavy atom. The lowest BCUT2D eigenvalue weighted by atomic mass is 9.89. The van der Waals surface area contributed by atoms with E-state index in [4.69, 9.17) is 4.74 Å². The van der Waals surface area contributed by atoms with E-state index in [-0.39, 0.29) is 18.0 Å². The fourth-order valence-corrected chi connectivity index (χ4v) is 1.67. The molecule has 5 heteroatoms. The second-order valence-electron chi connectivity index (χ2n) is 6.12. The molecular formula is C16H26N2O3. The monoisotopic (exact) mass is 294 g/mol. The molecule has 0 aliphatic heterocycles. The van der Waals surface area contributed by atoms with Crippen LogP contribution in [0.5, 0.6) is 5.75 Å². The molecule has 0 saturated heterocycles. The third-order valence-corrected chi connectivity index (χ3v) is 3.31. The first-order chi connectivity index (χ1) is 9.82. The van der Waals surface area contributed by atoms with E-state index in [1.807, 2.05) is 45.0 Å². The van der Waals surface area contributed by atoms with Crippen molar-refractivity contribution in [2.75, 3.05) is 20.2 Å². The molecule has 1 rings (SSSR count). The summed E-state index contributed by atoms with van der Waals surface area (Å²) in [5.74, 6) is 0.820. The van der Waals surface area contributed by atoms with Crippen LogP contribution in [-0.4, -0.2) is 37.4 Å². The van der Waals surface area contributed by atoms with Gasteiger partial charge in [-0.05, 0) is 29.5 Å². The van der Waals surface area contributed by atoms with Crippen molar-refractivity contribution in [2.45, 2.75) is 33.3 Å². The number of hydrogen-bond acceptors (Lipinski definition) is 3. The van der Waals surface area contributed by atoms with Crippen LogP contribution < -0.4 is 15.4 Å². The van der Waals surface area contributed by atoms with Gasteiger partial charge in [-0.3, -0.25) is 0 Å². The third kappa shape index (κ3) is 6.49. The van der Waals surface area contributed by atoms with Crippen molar-refractivity contribution in [2.24, 2.45) is 5.41 Å². The number of methoxy groups -OCH3 is 1. The van der Waals surface area contributed by atoms with Crippen LogP contribution in [0, 0.1) is 5.41 Å². The third-order valence-electron chi connectivity index (χ3n) is 3.31. The van der Waals surface area contributed by atoms with Gasteiger partial charge in [0.2, 0.25) is 0 Å². The molecule has 1 atom stereocenters. The molecule has 0 bridgehead atoms. The first-order valence-electron chi connectivity index (χ1n) is 7.15. The topological polar surface area (TPSA) is 70.6 Å². The van der Waals surface area contributed by atoms with E-state index >= 15 is 0 Å². The summed E-state index contributed by atoms with van der Waals surface area (Å²) >= 11 is 0. The number of aliphatic hydroxyl groups is 1. The molecule has 3 N–H and O–H groups in total. The van der Waals surface area contributed by atoms with Crippen LogP contribution >= 0.6 is 0 Å². The average Bonchev–Trinajstić information content (AvgIpc) is 2.44. The molecule has 0 aliphatic rings. The summed E-state index contributed by atoms with van der Waals surface area (Å²) in [6, 6.07) is 7.49. The average molecular weight is 294 g/mol. The Hall–Kier alpha value is -1.75. The predicted molar refractivity (Wildman–Crippen MR) is 83.6 cm³/mol. The highest BCUT2D eigenvalue weighted by molar-refractivity contribution is 5.73. The van der Waals surface area contributed by atoms with E-state index in [0.29, 0.717) is 6.54 Å². The molecule has 1 unspecified atom stereocenters. The van der Waals surface area contributed by atoms with Gasteiger partial charge in [0, 0.05) is 13.1 Å². The van der Waals surface area contributed by atoms with Crippen molar-refractivity contribution in [1.29, 1.82) is 0 Å². The Labute approximate surface area is 126 Å². The van der Waals surface area contributed by atoms with Crippen molar-refractivity contribution >= 4 is 6.03 Å². The van der Waals surface area contributed by atoms with E-state index < -0.39 is 6.10 Å². The number of benzene rings is 1. The summed E-state index contributed by atoms with van der Waals surface area (Å²) in [6.07, 6.45) is 0.184. The van der Waals surface area contributed by atoms with Gasteiger partial charge in [0.15, 0.2) is 0 Å². The van der Waals surface area contributed by atoms with Crippen LogP contribution in [0.2, 0.25) is 0 Å². The largest absolute Gasteiger partial charge is 0.497 e. The fraction of sp³-hybridized carbons (Fsp3) is 0.562. The van der Waals surface area contributed by atoms with Gasteiger partial charge in [0.25, 0.3) is 0 Å². The van der Waals surface area contributed by atoms with Crippen LogP contribution in [-0.2, 0) is 6.42 Å². The number of amides is 2. The van der Waals surface area contributed by atoms with Crippen molar-refractivity contribution in [3.05, 3.63) is 29.8 Å². The van der Waals surface area contributed by atoms with Gasteiger partial charge < -0.3 is 20.5 Å². The van der Waals surface area contributed by atoms with Crippen LogP contribution in [0.25, 0.3) is 0 Å². The summed E-state index contributed by atoms with van der Waals surface area (Å²) < 4.78 is 5.09. The van der Waals surface area contributed by atoms with Crippen LogP contribution in [0.1, 0.15) is 26.3 Å². The van der Waals surface area contributed by atoms with E-state index in [1.165, 1.54) is 0 Å². The van der Waals surface area contributed by atoms with Gasteiger partial charge >= 0.3 is 6.03 Å². The van der Waals surface area contributed by atoms with Crippen molar-refractivity contribution in [1.82, 2.24) is 10.6 Å². The number of carbonyl (C=O) groups excluding carboxylic acids is 1. The zero-order valence-electron chi connectivity index (χ0n) is 13.3. The molecule has 0 aliphatic carbocycles. The SMILES string of the molecule is COc1ccc(CCNC(=O)NCC(O)C(C)(C)C)cc1. The van der Waals surface area contributed by atoms with Gasteiger partial charge in [-0.1, -0.05) is 32.9 Å². The minimum Gasteiger partial charge on any atom is -0.497 e. The molecule has 21 heavy (non-hydrogen) atoms. The number of carbonyl (C=O) groups is 1. The second kappa shape index (κ2) is 7.88. The molecule has 2 amide bonds. The Morgan fingerprint density at radius 1 is 1.24 bits per heavy atom. The maximum Gasteiger partial charge on any atom is 0.314 e. The molecular weight excluding hydrogens is 268 g/mol. The highest BCUT2D eigenvalue weighted by Crippen LogP contribution is 2.18. The minimum atomic E-state index is -0.565. The highest BCUT2D eigenvalue weighted by Gasteiger charge is 2.22. The Bertz CT molecular complexity index is 438. The molecule has 0 saturated carbocycles.